The number of rotatable bonds is 3. The van der Waals surface area contributed by atoms with E-state index in [1.165, 1.54) is 0 Å². The maximum Gasteiger partial charge on any atom is 0.339 e. The highest BCUT2D eigenvalue weighted by atomic mass is 79.9. The first-order valence-electron chi connectivity index (χ1n) is 4.54. The van der Waals surface area contributed by atoms with Crippen LogP contribution < -0.4 is 11.1 Å². The third-order valence-electron chi connectivity index (χ3n) is 1.90. The average molecular weight is 273 g/mol. The predicted molar refractivity (Wildman–Crippen MR) is 64.1 cm³/mol. The van der Waals surface area contributed by atoms with E-state index in [-0.39, 0.29) is 5.97 Å². The lowest BCUT2D eigenvalue weighted by Gasteiger charge is -2.09. The molecule has 0 saturated carbocycles. The molecule has 15 heavy (non-hydrogen) atoms. The standard InChI is InChI=1S/C10H13BrN2O2/c1-3-15-10(14)6-4-8(12)9(13-2)5-7(6)11/h4-5,13H,3,12H2,1-2H3. The number of hydrogen-bond donors (Lipinski definition) is 2. The molecule has 0 atom stereocenters. The van der Waals surface area contributed by atoms with Gasteiger partial charge in [-0.3, -0.25) is 0 Å². The second-order valence-corrected chi connectivity index (χ2v) is 3.74. The first-order chi connectivity index (χ1) is 7.10. The van der Waals surface area contributed by atoms with Crippen LogP contribution in [0.5, 0.6) is 0 Å². The Hall–Kier alpha value is -1.23. The number of halogens is 1. The van der Waals surface area contributed by atoms with E-state index in [2.05, 4.69) is 21.2 Å². The SMILES string of the molecule is CCOC(=O)c1cc(N)c(NC)cc1Br. The number of carbonyl (C=O) groups excluding carboxylic acids is 1. The Morgan fingerprint density at radius 2 is 2.27 bits per heavy atom. The van der Waals surface area contributed by atoms with Crippen LogP contribution in [0.4, 0.5) is 11.4 Å². The summed E-state index contributed by atoms with van der Waals surface area (Å²) in [5.74, 6) is -0.376. The average Bonchev–Trinajstić information content (AvgIpc) is 2.21. The van der Waals surface area contributed by atoms with Gasteiger partial charge in [-0.2, -0.15) is 0 Å². The quantitative estimate of drug-likeness (QED) is 0.655. The molecule has 0 amide bonds. The van der Waals surface area contributed by atoms with Gasteiger partial charge in [-0.25, -0.2) is 4.79 Å². The number of nitrogens with one attached hydrogen (secondary N) is 1. The zero-order chi connectivity index (χ0) is 11.4. The molecule has 0 fully saturated rings. The molecule has 0 heterocycles. The summed E-state index contributed by atoms with van der Waals surface area (Å²) in [7, 11) is 1.77. The van der Waals surface area contributed by atoms with Crippen molar-refractivity contribution in [2.24, 2.45) is 0 Å². The predicted octanol–water partition coefficient (Wildman–Crippen LogP) is 2.25. The van der Waals surface area contributed by atoms with Gasteiger partial charge in [-0.05, 0) is 35.0 Å². The normalized spacial score (nSPS) is 9.80. The van der Waals surface area contributed by atoms with Crippen molar-refractivity contribution in [1.29, 1.82) is 0 Å². The molecule has 0 aliphatic carbocycles. The number of carbonyl (C=O) groups is 1. The summed E-state index contributed by atoms with van der Waals surface area (Å²) >= 11 is 3.30. The number of ether oxygens (including phenoxy) is 1. The van der Waals surface area contributed by atoms with Crippen LogP contribution in [-0.2, 0) is 4.74 Å². The van der Waals surface area contributed by atoms with Crippen molar-refractivity contribution in [3.05, 3.63) is 22.2 Å². The molecule has 0 aliphatic heterocycles. The van der Waals surface area contributed by atoms with Gasteiger partial charge in [0.05, 0.1) is 23.5 Å². The summed E-state index contributed by atoms with van der Waals surface area (Å²) < 4.78 is 5.56. The van der Waals surface area contributed by atoms with E-state index in [0.717, 1.165) is 5.69 Å². The monoisotopic (exact) mass is 272 g/mol. The molecule has 5 heteroatoms. The largest absolute Gasteiger partial charge is 0.462 e. The summed E-state index contributed by atoms with van der Waals surface area (Å²) in [6.07, 6.45) is 0. The van der Waals surface area contributed by atoms with E-state index in [1.807, 2.05) is 0 Å². The zero-order valence-electron chi connectivity index (χ0n) is 8.63. The molecule has 3 N–H and O–H groups in total. The minimum absolute atomic E-state index is 0.346. The lowest BCUT2D eigenvalue weighted by atomic mass is 10.2. The van der Waals surface area contributed by atoms with Crippen LogP contribution in [0.25, 0.3) is 0 Å². The molecule has 0 bridgehead atoms. The van der Waals surface area contributed by atoms with Gasteiger partial charge in [0.1, 0.15) is 0 Å². The van der Waals surface area contributed by atoms with E-state index in [4.69, 9.17) is 10.5 Å². The fourth-order valence-electron chi connectivity index (χ4n) is 1.17. The van der Waals surface area contributed by atoms with Crippen molar-refractivity contribution in [2.75, 3.05) is 24.7 Å². The molecular weight excluding hydrogens is 260 g/mol. The number of hydrogen-bond acceptors (Lipinski definition) is 4. The molecular formula is C10H13BrN2O2. The molecule has 1 aromatic rings. The highest BCUT2D eigenvalue weighted by Crippen LogP contribution is 2.27. The van der Waals surface area contributed by atoms with Crippen LogP contribution in [0, 0.1) is 0 Å². The molecule has 1 rings (SSSR count). The van der Waals surface area contributed by atoms with Gasteiger partial charge < -0.3 is 15.8 Å². The number of nitrogens with two attached hydrogens (primary N) is 1. The summed E-state index contributed by atoms with van der Waals surface area (Å²) in [4.78, 5) is 11.5. The smallest absolute Gasteiger partial charge is 0.339 e. The zero-order valence-corrected chi connectivity index (χ0v) is 10.2. The minimum Gasteiger partial charge on any atom is -0.462 e. The maximum absolute atomic E-state index is 11.5. The lowest BCUT2D eigenvalue weighted by Crippen LogP contribution is -2.07. The number of esters is 1. The van der Waals surface area contributed by atoms with Crippen LogP contribution in [0.3, 0.4) is 0 Å². The van der Waals surface area contributed by atoms with Crippen molar-refractivity contribution >= 4 is 33.3 Å². The van der Waals surface area contributed by atoms with Gasteiger partial charge in [-0.1, -0.05) is 0 Å². The number of benzene rings is 1. The Morgan fingerprint density at radius 3 is 2.80 bits per heavy atom. The molecule has 0 spiro atoms. The van der Waals surface area contributed by atoms with Crippen molar-refractivity contribution < 1.29 is 9.53 Å². The topological polar surface area (TPSA) is 64.3 Å². The Kier molecular flexibility index (Phi) is 3.96. The fraction of sp³-hybridized carbons (Fsp3) is 0.300. The molecule has 0 aliphatic rings. The highest BCUT2D eigenvalue weighted by Gasteiger charge is 2.13. The molecule has 0 saturated heterocycles. The molecule has 0 aromatic heterocycles. The van der Waals surface area contributed by atoms with Crippen molar-refractivity contribution in [1.82, 2.24) is 0 Å². The van der Waals surface area contributed by atoms with Crippen LogP contribution in [0.1, 0.15) is 17.3 Å². The van der Waals surface area contributed by atoms with E-state index >= 15 is 0 Å². The maximum atomic E-state index is 11.5. The van der Waals surface area contributed by atoms with Crippen LogP contribution in [0.15, 0.2) is 16.6 Å². The third kappa shape index (κ3) is 2.62. The van der Waals surface area contributed by atoms with E-state index in [0.29, 0.717) is 22.3 Å². The summed E-state index contributed by atoms with van der Waals surface area (Å²) in [6, 6.07) is 3.34. The van der Waals surface area contributed by atoms with Crippen molar-refractivity contribution in [2.45, 2.75) is 6.92 Å². The molecule has 0 unspecified atom stereocenters. The van der Waals surface area contributed by atoms with Crippen LogP contribution >= 0.6 is 15.9 Å². The molecule has 0 radical (unpaired) electrons. The Morgan fingerprint density at radius 1 is 1.60 bits per heavy atom. The molecule has 1 aromatic carbocycles. The first kappa shape index (κ1) is 11.8. The summed E-state index contributed by atoms with van der Waals surface area (Å²) in [6.45, 7) is 2.11. The summed E-state index contributed by atoms with van der Waals surface area (Å²) in [5.41, 5.74) is 7.47. The third-order valence-corrected chi connectivity index (χ3v) is 2.56. The second-order valence-electron chi connectivity index (χ2n) is 2.89. The Bertz CT molecular complexity index is 380. The van der Waals surface area contributed by atoms with Gasteiger partial charge in [-0.15, -0.1) is 0 Å². The van der Waals surface area contributed by atoms with Gasteiger partial charge in [0, 0.05) is 11.5 Å². The Balaban J connectivity index is 3.10. The second kappa shape index (κ2) is 5.02. The van der Waals surface area contributed by atoms with E-state index in [9.17, 15) is 4.79 Å². The van der Waals surface area contributed by atoms with Gasteiger partial charge in [0.2, 0.25) is 0 Å². The van der Waals surface area contributed by atoms with Gasteiger partial charge in [0.25, 0.3) is 0 Å². The number of nitrogen functional groups attached to an aromatic ring is 1. The fourth-order valence-corrected chi connectivity index (χ4v) is 1.68. The highest BCUT2D eigenvalue weighted by molar-refractivity contribution is 9.10. The van der Waals surface area contributed by atoms with Crippen molar-refractivity contribution in [3.8, 4) is 0 Å². The van der Waals surface area contributed by atoms with E-state index < -0.39 is 0 Å². The van der Waals surface area contributed by atoms with Crippen molar-refractivity contribution in [3.63, 3.8) is 0 Å². The van der Waals surface area contributed by atoms with Crippen LogP contribution in [0.2, 0.25) is 0 Å². The van der Waals surface area contributed by atoms with Gasteiger partial charge in [0.15, 0.2) is 0 Å². The van der Waals surface area contributed by atoms with Gasteiger partial charge >= 0.3 is 5.97 Å². The van der Waals surface area contributed by atoms with Crippen LogP contribution in [-0.4, -0.2) is 19.6 Å². The summed E-state index contributed by atoms with van der Waals surface area (Å²) in [5, 5.41) is 2.93. The molecule has 4 nitrogen and oxygen atoms in total. The first-order valence-corrected chi connectivity index (χ1v) is 5.33. The lowest BCUT2D eigenvalue weighted by molar-refractivity contribution is 0.0525. The molecule has 82 valence electrons. The number of anilines is 2. The Labute approximate surface area is 96.9 Å². The minimum atomic E-state index is -0.376. The van der Waals surface area contributed by atoms with E-state index in [1.54, 1.807) is 26.1 Å².